The molecule has 0 aliphatic heterocycles. The lowest BCUT2D eigenvalue weighted by atomic mass is 9.72. The highest BCUT2D eigenvalue weighted by Gasteiger charge is 2.55. The minimum absolute atomic E-state index is 0.0362. The van der Waals surface area contributed by atoms with Gasteiger partial charge in [-0.05, 0) is 47.1 Å². The smallest absolute Gasteiger partial charge is 0.396 e. The van der Waals surface area contributed by atoms with E-state index in [1.807, 2.05) is 6.07 Å². The van der Waals surface area contributed by atoms with Gasteiger partial charge in [0.2, 0.25) is 0 Å². The molecule has 0 aliphatic rings. The first-order chi connectivity index (χ1) is 14.1. The standard InChI is InChI=1S/C24H26F3NO2/c1-22(2,19-7-5-6-17(14-19)11-13-29)16-23(30,24(25,26)27)15-18-10-12-28-21-9-4-3-8-20(18)21/h3-10,12,14,29-30H,11,13,15-16H2,1-2H3. The van der Waals surface area contributed by atoms with E-state index in [-0.39, 0.29) is 6.61 Å². The maximum atomic E-state index is 14.1. The van der Waals surface area contributed by atoms with Crippen molar-refractivity contribution in [3.8, 4) is 0 Å². The van der Waals surface area contributed by atoms with Gasteiger partial charge in [-0.25, -0.2) is 0 Å². The van der Waals surface area contributed by atoms with Crippen molar-refractivity contribution in [2.24, 2.45) is 0 Å². The van der Waals surface area contributed by atoms with E-state index in [2.05, 4.69) is 4.98 Å². The number of aromatic nitrogens is 1. The van der Waals surface area contributed by atoms with E-state index in [0.29, 0.717) is 28.5 Å². The largest absolute Gasteiger partial charge is 0.417 e. The molecule has 2 N–H and O–H groups in total. The van der Waals surface area contributed by atoms with Crippen molar-refractivity contribution in [3.63, 3.8) is 0 Å². The van der Waals surface area contributed by atoms with Gasteiger partial charge in [0.25, 0.3) is 0 Å². The number of nitrogens with zero attached hydrogens (tertiary/aromatic N) is 1. The van der Waals surface area contributed by atoms with Crippen LogP contribution in [-0.4, -0.2) is 33.6 Å². The number of aliphatic hydroxyl groups excluding tert-OH is 1. The van der Waals surface area contributed by atoms with E-state index in [1.54, 1.807) is 56.3 Å². The van der Waals surface area contributed by atoms with E-state index in [0.717, 1.165) is 5.56 Å². The fraction of sp³-hybridized carbons (Fsp3) is 0.375. The number of para-hydroxylation sites is 1. The zero-order chi connectivity index (χ0) is 22.0. The number of hydrogen-bond donors (Lipinski definition) is 2. The molecule has 0 fully saturated rings. The quantitative estimate of drug-likeness (QED) is 0.571. The third kappa shape index (κ3) is 4.65. The lowest BCUT2D eigenvalue weighted by Crippen LogP contribution is -2.50. The van der Waals surface area contributed by atoms with Crippen LogP contribution in [0.4, 0.5) is 13.2 Å². The van der Waals surface area contributed by atoms with Gasteiger partial charge in [0.05, 0.1) is 5.52 Å². The Morgan fingerprint density at radius 2 is 1.70 bits per heavy atom. The molecular weight excluding hydrogens is 391 g/mol. The number of halogens is 3. The summed E-state index contributed by atoms with van der Waals surface area (Å²) in [6.07, 6.45) is -3.96. The molecule has 0 amide bonds. The van der Waals surface area contributed by atoms with Crippen LogP contribution in [0.3, 0.4) is 0 Å². The lowest BCUT2D eigenvalue weighted by molar-refractivity contribution is -0.266. The monoisotopic (exact) mass is 417 g/mol. The van der Waals surface area contributed by atoms with Crippen molar-refractivity contribution in [3.05, 3.63) is 77.5 Å². The Morgan fingerprint density at radius 1 is 0.967 bits per heavy atom. The fourth-order valence-electron chi connectivity index (χ4n) is 4.00. The molecular formula is C24H26F3NO2. The highest BCUT2D eigenvalue weighted by molar-refractivity contribution is 5.81. The summed E-state index contributed by atoms with van der Waals surface area (Å²) >= 11 is 0. The van der Waals surface area contributed by atoms with Gasteiger partial charge in [0.1, 0.15) is 0 Å². The molecule has 6 heteroatoms. The predicted molar refractivity (Wildman–Crippen MR) is 111 cm³/mol. The predicted octanol–water partition coefficient (Wildman–Crippen LogP) is 4.97. The number of alkyl halides is 3. The van der Waals surface area contributed by atoms with E-state index in [4.69, 9.17) is 5.11 Å². The van der Waals surface area contributed by atoms with Crippen LogP contribution in [0.2, 0.25) is 0 Å². The summed E-state index contributed by atoms with van der Waals surface area (Å²) in [4.78, 5) is 4.20. The topological polar surface area (TPSA) is 53.4 Å². The van der Waals surface area contributed by atoms with Crippen LogP contribution in [0, 0.1) is 0 Å². The molecule has 30 heavy (non-hydrogen) atoms. The van der Waals surface area contributed by atoms with Crippen molar-refractivity contribution in [1.29, 1.82) is 0 Å². The fourth-order valence-corrected chi connectivity index (χ4v) is 4.00. The summed E-state index contributed by atoms with van der Waals surface area (Å²) in [5.41, 5.74) is -1.32. The van der Waals surface area contributed by atoms with E-state index >= 15 is 0 Å². The molecule has 0 radical (unpaired) electrons. The second-order valence-corrected chi connectivity index (χ2v) is 8.43. The molecule has 1 heterocycles. The first-order valence-electron chi connectivity index (χ1n) is 9.88. The number of aliphatic hydroxyl groups is 2. The summed E-state index contributed by atoms with van der Waals surface area (Å²) in [6, 6.07) is 15.7. The normalized spacial score (nSPS) is 14.6. The van der Waals surface area contributed by atoms with Gasteiger partial charge in [-0.1, -0.05) is 56.3 Å². The molecule has 3 nitrogen and oxygen atoms in total. The van der Waals surface area contributed by atoms with Gasteiger partial charge in [-0.15, -0.1) is 0 Å². The SMILES string of the molecule is CC(C)(CC(O)(Cc1ccnc2ccccc12)C(F)(F)F)c1cccc(CCO)c1. The lowest BCUT2D eigenvalue weighted by Gasteiger charge is -2.38. The summed E-state index contributed by atoms with van der Waals surface area (Å²) < 4.78 is 42.4. The van der Waals surface area contributed by atoms with Crippen molar-refractivity contribution in [2.45, 2.75) is 50.3 Å². The summed E-state index contributed by atoms with van der Waals surface area (Å²) in [5.74, 6) is 0. The van der Waals surface area contributed by atoms with Crippen LogP contribution < -0.4 is 0 Å². The molecule has 0 bridgehead atoms. The molecule has 1 unspecified atom stereocenters. The summed E-state index contributed by atoms with van der Waals surface area (Å²) in [7, 11) is 0. The van der Waals surface area contributed by atoms with Gasteiger partial charge in [-0.3, -0.25) is 4.98 Å². The Hall–Kier alpha value is -2.44. The highest BCUT2D eigenvalue weighted by Crippen LogP contribution is 2.43. The summed E-state index contributed by atoms with van der Waals surface area (Å²) in [5, 5.41) is 20.7. The molecule has 0 aliphatic carbocycles. The molecule has 0 saturated heterocycles. The van der Waals surface area contributed by atoms with Crippen LogP contribution in [-0.2, 0) is 18.3 Å². The Balaban J connectivity index is 1.98. The highest BCUT2D eigenvalue weighted by atomic mass is 19.4. The van der Waals surface area contributed by atoms with Gasteiger partial charge in [-0.2, -0.15) is 13.2 Å². The Morgan fingerprint density at radius 3 is 2.40 bits per heavy atom. The van der Waals surface area contributed by atoms with E-state index in [1.165, 1.54) is 12.3 Å². The molecule has 2 aromatic carbocycles. The molecule has 3 aromatic rings. The van der Waals surface area contributed by atoms with Gasteiger partial charge in [0, 0.05) is 24.6 Å². The van der Waals surface area contributed by atoms with Gasteiger partial charge < -0.3 is 10.2 Å². The van der Waals surface area contributed by atoms with Crippen molar-refractivity contribution < 1.29 is 23.4 Å². The first-order valence-corrected chi connectivity index (χ1v) is 9.88. The van der Waals surface area contributed by atoms with Crippen molar-refractivity contribution >= 4 is 10.9 Å². The molecule has 1 aromatic heterocycles. The van der Waals surface area contributed by atoms with Crippen LogP contribution in [0.5, 0.6) is 0 Å². The molecule has 0 saturated carbocycles. The molecule has 3 rings (SSSR count). The minimum atomic E-state index is -4.81. The van der Waals surface area contributed by atoms with Gasteiger partial charge >= 0.3 is 6.18 Å². The van der Waals surface area contributed by atoms with Crippen LogP contribution in [0.25, 0.3) is 10.9 Å². The number of hydrogen-bond acceptors (Lipinski definition) is 3. The second kappa shape index (κ2) is 8.36. The molecule has 1 atom stereocenters. The molecule has 160 valence electrons. The minimum Gasteiger partial charge on any atom is -0.396 e. The number of fused-ring (bicyclic) bond motifs is 1. The third-order valence-electron chi connectivity index (χ3n) is 5.59. The third-order valence-corrected chi connectivity index (χ3v) is 5.59. The van der Waals surface area contributed by atoms with Crippen molar-refractivity contribution in [1.82, 2.24) is 4.98 Å². The number of benzene rings is 2. The van der Waals surface area contributed by atoms with Crippen LogP contribution >= 0.6 is 0 Å². The van der Waals surface area contributed by atoms with Crippen molar-refractivity contribution in [2.75, 3.05) is 6.61 Å². The van der Waals surface area contributed by atoms with Gasteiger partial charge in [0.15, 0.2) is 5.60 Å². The zero-order valence-electron chi connectivity index (χ0n) is 17.1. The first kappa shape index (κ1) is 22.2. The Bertz CT molecular complexity index is 1010. The second-order valence-electron chi connectivity index (χ2n) is 8.43. The van der Waals surface area contributed by atoms with E-state index < -0.39 is 30.0 Å². The number of pyridine rings is 1. The molecule has 0 spiro atoms. The average Bonchev–Trinajstić information content (AvgIpc) is 2.67. The maximum absolute atomic E-state index is 14.1. The van der Waals surface area contributed by atoms with E-state index in [9.17, 15) is 18.3 Å². The number of rotatable bonds is 7. The van der Waals surface area contributed by atoms with Crippen LogP contribution in [0.15, 0.2) is 60.8 Å². The average molecular weight is 417 g/mol. The Labute approximate surface area is 174 Å². The summed E-state index contributed by atoms with van der Waals surface area (Å²) in [6.45, 7) is 3.37. The van der Waals surface area contributed by atoms with Crippen LogP contribution in [0.1, 0.15) is 37.0 Å². The Kier molecular flexibility index (Phi) is 6.20. The maximum Gasteiger partial charge on any atom is 0.417 e. The zero-order valence-corrected chi connectivity index (χ0v) is 17.1.